The van der Waals surface area contributed by atoms with Crippen LogP contribution in [0.5, 0.6) is 0 Å². The van der Waals surface area contributed by atoms with Crippen LogP contribution in [-0.4, -0.2) is 29.2 Å². The largest absolute Gasteiger partial charge is 0.377 e. The van der Waals surface area contributed by atoms with Gasteiger partial charge in [0.2, 0.25) is 5.82 Å². The Balaban J connectivity index is 2.70. The molecule has 96 valence electrons. The predicted octanol–water partition coefficient (Wildman–Crippen LogP) is 1.70. The minimum Gasteiger partial charge on any atom is -0.377 e. The average Bonchev–Trinajstić information content (AvgIpc) is 2.34. The molecule has 1 aromatic heterocycles. The Morgan fingerprint density at radius 2 is 2.39 bits per heavy atom. The Labute approximate surface area is 105 Å². The zero-order chi connectivity index (χ0) is 13.5. The molecular formula is C11H14N4O3. The maximum atomic E-state index is 10.8. The summed E-state index contributed by atoms with van der Waals surface area (Å²) in [6.45, 7) is 4.65. The molecule has 0 bridgehead atoms. The van der Waals surface area contributed by atoms with Gasteiger partial charge in [-0.3, -0.25) is 10.1 Å². The molecule has 7 heteroatoms. The molecule has 1 rings (SSSR count). The number of nitriles is 1. The van der Waals surface area contributed by atoms with Crippen molar-refractivity contribution in [1.82, 2.24) is 4.98 Å². The quantitative estimate of drug-likeness (QED) is 0.468. The Bertz CT molecular complexity index is 468. The SMILES string of the molecule is CC(C)OCCNc1ncc(C#N)cc1[N+](=O)[O-]. The zero-order valence-corrected chi connectivity index (χ0v) is 10.2. The van der Waals surface area contributed by atoms with Gasteiger partial charge >= 0.3 is 5.69 Å². The number of ether oxygens (including phenoxy) is 1. The van der Waals surface area contributed by atoms with Crippen molar-refractivity contribution >= 4 is 11.5 Å². The first kappa shape index (κ1) is 13.9. The average molecular weight is 250 g/mol. The summed E-state index contributed by atoms with van der Waals surface area (Å²) < 4.78 is 5.30. The van der Waals surface area contributed by atoms with E-state index in [1.54, 1.807) is 0 Å². The standard InChI is InChI=1S/C11H14N4O3/c1-8(2)18-4-3-13-11-10(15(16)17)5-9(6-12)7-14-11/h5,7-8H,3-4H2,1-2H3,(H,13,14). The van der Waals surface area contributed by atoms with Gasteiger partial charge in [-0.1, -0.05) is 0 Å². The van der Waals surface area contributed by atoms with Gasteiger partial charge in [-0.25, -0.2) is 4.98 Å². The van der Waals surface area contributed by atoms with Gasteiger partial charge in [0.05, 0.1) is 23.2 Å². The maximum Gasteiger partial charge on any atom is 0.312 e. The van der Waals surface area contributed by atoms with Crippen LogP contribution in [0, 0.1) is 21.4 Å². The molecule has 0 atom stereocenters. The van der Waals surface area contributed by atoms with Crippen molar-refractivity contribution in [2.45, 2.75) is 20.0 Å². The molecule has 0 amide bonds. The highest BCUT2D eigenvalue weighted by Crippen LogP contribution is 2.22. The number of rotatable bonds is 6. The van der Waals surface area contributed by atoms with Crippen molar-refractivity contribution < 1.29 is 9.66 Å². The number of anilines is 1. The van der Waals surface area contributed by atoms with Crippen molar-refractivity contribution in [3.05, 3.63) is 27.9 Å². The lowest BCUT2D eigenvalue weighted by Gasteiger charge is -2.09. The second-order valence-corrected chi connectivity index (χ2v) is 3.81. The fourth-order valence-corrected chi connectivity index (χ4v) is 1.25. The third-order valence-corrected chi connectivity index (χ3v) is 2.04. The maximum absolute atomic E-state index is 10.8. The van der Waals surface area contributed by atoms with Crippen LogP contribution in [0.15, 0.2) is 12.3 Å². The molecule has 0 radical (unpaired) electrons. The minimum absolute atomic E-state index is 0.107. The summed E-state index contributed by atoms with van der Waals surface area (Å²) in [5.74, 6) is 0.145. The summed E-state index contributed by atoms with van der Waals surface area (Å²) in [6.07, 6.45) is 1.40. The van der Waals surface area contributed by atoms with Gasteiger partial charge in [-0.2, -0.15) is 5.26 Å². The molecule has 0 saturated carbocycles. The molecular weight excluding hydrogens is 236 g/mol. The van der Waals surface area contributed by atoms with Crippen LogP contribution in [0.2, 0.25) is 0 Å². The van der Waals surface area contributed by atoms with E-state index in [4.69, 9.17) is 10.00 Å². The second-order valence-electron chi connectivity index (χ2n) is 3.81. The van der Waals surface area contributed by atoms with Gasteiger partial charge in [0.25, 0.3) is 0 Å². The van der Waals surface area contributed by atoms with Crippen molar-refractivity contribution in [3.63, 3.8) is 0 Å². The first-order valence-corrected chi connectivity index (χ1v) is 5.44. The van der Waals surface area contributed by atoms with E-state index in [0.717, 1.165) is 0 Å². The van der Waals surface area contributed by atoms with E-state index in [0.29, 0.717) is 13.2 Å². The topological polar surface area (TPSA) is 101 Å². The van der Waals surface area contributed by atoms with E-state index in [1.807, 2.05) is 19.9 Å². The van der Waals surface area contributed by atoms with E-state index in [-0.39, 0.29) is 23.2 Å². The summed E-state index contributed by atoms with van der Waals surface area (Å²) in [5.41, 5.74) is -0.0516. The molecule has 1 heterocycles. The molecule has 0 saturated heterocycles. The number of hydrogen-bond acceptors (Lipinski definition) is 6. The highest BCUT2D eigenvalue weighted by molar-refractivity contribution is 5.58. The van der Waals surface area contributed by atoms with Crippen LogP contribution in [0.25, 0.3) is 0 Å². The molecule has 7 nitrogen and oxygen atoms in total. The van der Waals surface area contributed by atoms with Gasteiger partial charge in [0, 0.05) is 18.8 Å². The van der Waals surface area contributed by atoms with E-state index in [2.05, 4.69) is 10.3 Å². The molecule has 0 fully saturated rings. The van der Waals surface area contributed by atoms with Gasteiger partial charge in [-0.05, 0) is 13.8 Å². The van der Waals surface area contributed by atoms with Gasteiger partial charge in [0.1, 0.15) is 6.07 Å². The molecule has 0 aromatic carbocycles. The van der Waals surface area contributed by atoms with E-state index < -0.39 is 4.92 Å². The number of hydrogen-bond donors (Lipinski definition) is 1. The third-order valence-electron chi connectivity index (χ3n) is 2.04. The number of nitro groups is 1. The molecule has 1 N–H and O–H groups in total. The number of nitrogens with one attached hydrogen (secondary N) is 1. The number of nitrogens with zero attached hydrogens (tertiary/aromatic N) is 3. The highest BCUT2D eigenvalue weighted by Gasteiger charge is 2.15. The smallest absolute Gasteiger partial charge is 0.312 e. The molecule has 0 aliphatic rings. The number of aromatic nitrogens is 1. The van der Waals surface area contributed by atoms with Crippen LogP contribution in [0.3, 0.4) is 0 Å². The second kappa shape index (κ2) is 6.51. The fourth-order valence-electron chi connectivity index (χ4n) is 1.25. The highest BCUT2D eigenvalue weighted by atomic mass is 16.6. The molecule has 0 aliphatic heterocycles. The van der Waals surface area contributed by atoms with E-state index in [9.17, 15) is 10.1 Å². The first-order chi connectivity index (χ1) is 8.54. The van der Waals surface area contributed by atoms with Gasteiger partial charge in [-0.15, -0.1) is 0 Å². The predicted molar refractivity (Wildman–Crippen MR) is 65.2 cm³/mol. The van der Waals surface area contributed by atoms with Crippen molar-refractivity contribution in [2.75, 3.05) is 18.5 Å². The molecule has 0 aliphatic carbocycles. The Kier molecular flexibility index (Phi) is 5.02. The third kappa shape index (κ3) is 3.99. The van der Waals surface area contributed by atoms with E-state index >= 15 is 0 Å². The Hall–Kier alpha value is -2.20. The van der Waals surface area contributed by atoms with Crippen LogP contribution in [0.4, 0.5) is 11.5 Å². The van der Waals surface area contributed by atoms with Gasteiger partial charge in [0.15, 0.2) is 0 Å². The fraction of sp³-hybridized carbons (Fsp3) is 0.455. The van der Waals surface area contributed by atoms with Crippen molar-refractivity contribution in [2.24, 2.45) is 0 Å². The lowest BCUT2D eigenvalue weighted by atomic mass is 10.3. The van der Waals surface area contributed by atoms with Crippen LogP contribution in [0.1, 0.15) is 19.4 Å². The zero-order valence-electron chi connectivity index (χ0n) is 10.2. The number of pyridine rings is 1. The van der Waals surface area contributed by atoms with Crippen LogP contribution < -0.4 is 5.32 Å². The summed E-state index contributed by atoms with van der Waals surface area (Å²) >= 11 is 0. The molecule has 0 unspecified atom stereocenters. The van der Waals surface area contributed by atoms with Gasteiger partial charge < -0.3 is 10.1 Å². The minimum atomic E-state index is -0.570. The lowest BCUT2D eigenvalue weighted by Crippen LogP contribution is -2.14. The first-order valence-electron chi connectivity index (χ1n) is 5.44. The van der Waals surface area contributed by atoms with E-state index in [1.165, 1.54) is 12.3 Å². The summed E-state index contributed by atoms with van der Waals surface area (Å²) in [7, 11) is 0. The Morgan fingerprint density at radius 1 is 1.67 bits per heavy atom. The lowest BCUT2D eigenvalue weighted by molar-refractivity contribution is -0.384. The monoisotopic (exact) mass is 250 g/mol. The van der Waals surface area contributed by atoms with Crippen LogP contribution >= 0.6 is 0 Å². The normalized spacial score (nSPS) is 10.1. The summed E-state index contributed by atoms with van der Waals surface area (Å²) in [5, 5.41) is 22.3. The van der Waals surface area contributed by atoms with Crippen LogP contribution in [-0.2, 0) is 4.74 Å². The molecule has 18 heavy (non-hydrogen) atoms. The van der Waals surface area contributed by atoms with Crippen molar-refractivity contribution in [1.29, 1.82) is 5.26 Å². The molecule has 0 spiro atoms. The molecule has 1 aromatic rings. The Morgan fingerprint density at radius 3 is 2.94 bits per heavy atom. The summed E-state index contributed by atoms with van der Waals surface area (Å²) in [6, 6.07) is 3.01. The van der Waals surface area contributed by atoms with Crippen molar-refractivity contribution in [3.8, 4) is 6.07 Å². The summed E-state index contributed by atoms with van der Waals surface area (Å²) in [4.78, 5) is 14.1.